The lowest BCUT2D eigenvalue weighted by molar-refractivity contribution is 0.144. The number of hydrogen-bond donors (Lipinski definition) is 3. The Morgan fingerprint density at radius 2 is 1.65 bits per heavy atom. The summed E-state index contributed by atoms with van der Waals surface area (Å²) in [5, 5.41) is 24.4. The minimum absolute atomic E-state index is 0.0355. The van der Waals surface area contributed by atoms with Crippen molar-refractivity contribution in [1.82, 2.24) is 10.2 Å². The lowest BCUT2D eigenvalue weighted by atomic mass is 9.87. The lowest BCUT2D eigenvalue weighted by Crippen LogP contribution is -2.55. The molecule has 5 nitrogen and oxygen atoms in total. The van der Waals surface area contributed by atoms with Crippen LogP contribution in [0.25, 0.3) is 0 Å². The fraction of sp³-hybridized carbons (Fsp3) is 0.381. The first-order valence-corrected chi connectivity index (χ1v) is 9.18. The second-order valence-electron chi connectivity index (χ2n) is 7.37. The molecule has 1 fully saturated rings. The quantitative estimate of drug-likeness (QED) is 0.778. The Hall–Kier alpha value is -2.37. The van der Waals surface area contributed by atoms with Crippen molar-refractivity contribution in [1.29, 1.82) is 0 Å². The molecule has 0 aliphatic carbocycles. The minimum Gasteiger partial charge on any atom is -0.508 e. The number of phenols is 2. The fourth-order valence-corrected chi connectivity index (χ4v) is 4.01. The summed E-state index contributed by atoms with van der Waals surface area (Å²) < 4.78 is 0. The number of para-hydroxylation sites is 2. The number of likely N-dealkylation sites (tertiary alicyclic amines) is 1. The highest BCUT2D eigenvalue weighted by Crippen LogP contribution is 2.38. The van der Waals surface area contributed by atoms with Crippen LogP contribution in [0, 0.1) is 0 Å². The first-order valence-electron chi connectivity index (χ1n) is 9.18. The zero-order valence-corrected chi connectivity index (χ0v) is 15.0. The van der Waals surface area contributed by atoms with Crippen LogP contribution in [0.5, 0.6) is 11.5 Å². The zero-order valence-electron chi connectivity index (χ0n) is 15.0. The van der Waals surface area contributed by atoms with Crippen LogP contribution >= 0.6 is 0 Å². The summed E-state index contributed by atoms with van der Waals surface area (Å²) in [6.07, 6.45) is 2.45. The highest BCUT2D eigenvalue weighted by molar-refractivity contribution is 6.03. The molecule has 5 heteroatoms. The number of aliphatic imine (C=N–C) groups is 1. The van der Waals surface area contributed by atoms with Gasteiger partial charge in [0.05, 0.1) is 0 Å². The molecule has 136 valence electrons. The lowest BCUT2D eigenvalue weighted by Gasteiger charge is -2.44. The number of nitrogens with one attached hydrogen (secondary N) is 1. The standard InChI is InChI=1S/C21H25N3O2/c1-24-12-10-21(11-13-24)22-17(15-6-2-4-8-19(15)25)14-18(23-21)16-7-3-5-9-20(16)26/h2-9,17,22,25-26H,10-14H2,1H3. The van der Waals surface area contributed by atoms with E-state index in [1.165, 1.54) is 0 Å². The zero-order chi connectivity index (χ0) is 18.1. The number of phenolic OH excluding ortho intramolecular Hbond substituents is 2. The maximum absolute atomic E-state index is 10.4. The van der Waals surface area contributed by atoms with Gasteiger partial charge < -0.3 is 15.1 Å². The predicted molar refractivity (Wildman–Crippen MR) is 103 cm³/mol. The van der Waals surface area contributed by atoms with E-state index in [0.717, 1.165) is 42.8 Å². The average Bonchev–Trinajstić information content (AvgIpc) is 2.65. The van der Waals surface area contributed by atoms with Gasteiger partial charge in [0.1, 0.15) is 17.2 Å². The maximum Gasteiger partial charge on any atom is 0.124 e. The van der Waals surface area contributed by atoms with Gasteiger partial charge in [0.25, 0.3) is 0 Å². The van der Waals surface area contributed by atoms with Gasteiger partial charge in [-0.05, 0) is 38.1 Å². The molecule has 0 bridgehead atoms. The van der Waals surface area contributed by atoms with Gasteiger partial charge in [-0.1, -0.05) is 30.3 Å². The van der Waals surface area contributed by atoms with Crippen LogP contribution in [-0.4, -0.2) is 46.6 Å². The smallest absolute Gasteiger partial charge is 0.124 e. The molecular weight excluding hydrogens is 326 g/mol. The summed E-state index contributed by atoms with van der Waals surface area (Å²) in [4.78, 5) is 7.39. The molecule has 0 saturated carbocycles. The second kappa shape index (κ2) is 6.74. The van der Waals surface area contributed by atoms with E-state index in [1.54, 1.807) is 12.1 Å². The van der Waals surface area contributed by atoms with Crippen molar-refractivity contribution in [3.05, 3.63) is 59.7 Å². The average molecular weight is 351 g/mol. The monoisotopic (exact) mass is 351 g/mol. The van der Waals surface area contributed by atoms with E-state index in [-0.39, 0.29) is 17.5 Å². The van der Waals surface area contributed by atoms with Crippen molar-refractivity contribution in [3.8, 4) is 11.5 Å². The van der Waals surface area contributed by atoms with Gasteiger partial charge in [-0.3, -0.25) is 10.3 Å². The van der Waals surface area contributed by atoms with Crippen molar-refractivity contribution in [2.24, 2.45) is 4.99 Å². The van der Waals surface area contributed by atoms with Gasteiger partial charge >= 0.3 is 0 Å². The number of aromatic hydroxyl groups is 2. The molecule has 1 unspecified atom stereocenters. The molecule has 2 aliphatic heterocycles. The van der Waals surface area contributed by atoms with Crippen LogP contribution in [0.2, 0.25) is 0 Å². The number of rotatable bonds is 2. The summed E-state index contributed by atoms with van der Waals surface area (Å²) in [5.74, 6) is 0.555. The van der Waals surface area contributed by atoms with Gasteiger partial charge in [-0.2, -0.15) is 0 Å². The van der Waals surface area contributed by atoms with Crippen LogP contribution in [0.1, 0.15) is 36.4 Å². The summed E-state index contributed by atoms with van der Waals surface area (Å²) in [6.45, 7) is 1.94. The van der Waals surface area contributed by atoms with E-state index in [4.69, 9.17) is 4.99 Å². The van der Waals surface area contributed by atoms with E-state index >= 15 is 0 Å². The van der Waals surface area contributed by atoms with Gasteiger partial charge in [0.15, 0.2) is 0 Å². The molecule has 0 aromatic heterocycles. The summed E-state index contributed by atoms with van der Waals surface area (Å²) >= 11 is 0. The molecule has 2 aromatic rings. The third-order valence-electron chi connectivity index (χ3n) is 5.53. The molecule has 0 amide bonds. The molecule has 3 N–H and O–H groups in total. The van der Waals surface area contributed by atoms with Crippen molar-refractivity contribution in [3.63, 3.8) is 0 Å². The number of benzene rings is 2. The van der Waals surface area contributed by atoms with Gasteiger partial charge in [0, 0.05) is 42.4 Å². The minimum atomic E-state index is -0.352. The largest absolute Gasteiger partial charge is 0.508 e. The molecule has 1 saturated heterocycles. The molecule has 0 radical (unpaired) electrons. The third kappa shape index (κ3) is 3.20. The Labute approximate surface area is 154 Å². The number of nitrogens with zero attached hydrogens (tertiary/aromatic N) is 2. The molecule has 2 aromatic carbocycles. The van der Waals surface area contributed by atoms with E-state index in [1.807, 2.05) is 36.4 Å². The fourth-order valence-electron chi connectivity index (χ4n) is 4.01. The Morgan fingerprint density at radius 3 is 2.35 bits per heavy atom. The van der Waals surface area contributed by atoms with Gasteiger partial charge in [-0.15, -0.1) is 0 Å². The van der Waals surface area contributed by atoms with Gasteiger partial charge in [-0.25, -0.2) is 0 Å². The highest BCUT2D eigenvalue weighted by Gasteiger charge is 2.40. The Balaban J connectivity index is 1.76. The second-order valence-corrected chi connectivity index (χ2v) is 7.37. The van der Waals surface area contributed by atoms with Crippen LogP contribution in [-0.2, 0) is 0 Å². The molecule has 4 rings (SSSR count). The SMILES string of the molecule is CN1CCC2(CC1)N=C(c1ccccc1O)CC(c1ccccc1O)N2. The molecular formula is C21H25N3O2. The third-order valence-corrected chi connectivity index (χ3v) is 5.53. The molecule has 2 aliphatic rings. The Kier molecular flexibility index (Phi) is 4.42. The first-order chi connectivity index (χ1) is 12.6. The van der Waals surface area contributed by atoms with E-state index in [9.17, 15) is 10.2 Å². The van der Waals surface area contributed by atoms with E-state index < -0.39 is 0 Å². The number of piperidine rings is 1. The maximum atomic E-state index is 10.4. The van der Waals surface area contributed by atoms with Gasteiger partial charge in [0.2, 0.25) is 0 Å². The highest BCUT2D eigenvalue weighted by atomic mass is 16.3. The van der Waals surface area contributed by atoms with E-state index in [2.05, 4.69) is 17.3 Å². The predicted octanol–water partition coefficient (Wildman–Crippen LogP) is 3.04. The first kappa shape index (κ1) is 17.1. The van der Waals surface area contributed by atoms with Crippen LogP contribution < -0.4 is 5.32 Å². The van der Waals surface area contributed by atoms with Crippen molar-refractivity contribution >= 4 is 5.71 Å². The Bertz CT molecular complexity index is 826. The van der Waals surface area contributed by atoms with Crippen molar-refractivity contribution in [2.45, 2.75) is 31.0 Å². The molecule has 26 heavy (non-hydrogen) atoms. The van der Waals surface area contributed by atoms with E-state index in [0.29, 0.717) is 12.2 Å². The molecule has 1 atom stereocenters. The summed E-state index contributed by atoms with van der Waals surface area (Å²) in [7, 11) is 2.13. The molecule has 1 spiro atoms. The van der Waals surface area contributed by atoms with Crippen molar-refractivity contribution in [2.75, 3.05) is 20.1 Å². The van der Waals surface area contributed by atoms with Crippen LogP contribution in [0.15, 0.2) is 53.5 Å². The Morgan fingerprint density at radius 1 is 1.00 bits per heavy atom. The van der Waals surface area contributed by atoms with Crippen molar-refractivity contribution < 1.29 is 10.2 Å². The summed E-state index contributed by atoms with van der Waals surface area (Å²) in [6, 6.07) is 14.8. The topological polar surface area (TPSA) is 68.1 Å². The summed E-state index contributed by atoms with van der Waals surface area (Å²) in [5.41, 5.74) is 2.22. The van der Waals surface area contributed by atoms with Crippen LogP contribution in [0.3, 0.4) is 0 Å². The number of hydrogen-bond acceptors (Lipinski definition) is 5. The molecule has 2 heterocycles. The van der Waals surface area contributed by atoms with Crippen LogP contribution in [0.4, 0.5) is 0 Å². The normalized spacial score (nSPS) is 23.0.